The van der Waals surface area contributed by atoms with Gasteiger partial charge in [0.15, 0.2) is 17.2 Å². The minimum Gasteiger partial charge on any atom is -0.468 e. The minimum absolute atomic E-state index is 0.291. The number of aromatic amines is 1. The number of hydrogen-bond donors (Lipinski definition) is 3. The van der Waals surface area contributed by atoms with Gasteiger partial charge >= 0.3 is 0 Å². The number of piperidine rings is 1. The van der Waals surface area contributed by atoms with Crippen molar-refractivity contribution in [3.05, 3.63) is 42.5 Å². The van der Waals surface area contributed by atoms with Crippen molar-refractivity contribution in [2.24, 2.45) is 11.7 Å². The van der Waals surface area contributed by atoms with E-state index in [1.54, 1.807) is 11.2 Å². The van der Waals surface area contributed by atoms with E-state index in [4.69, 9.17) is 10.5 Å². The molecule has 0 saturated carbocycles. The number of carbonyl (C=O) groups is 2. The Morgan fingerprint density at radius 2 is 2.20 bits per heavy atom. The lowest BCUT2D eigenvalue weighted by molar-refractivity contribution is -0.174. The molecule has 1 aromatic carbocycles. The number of fused-ring (bicyclic) bond motifs is 5. The molecule has 2 bridgehead atoms. The number of hydrogen-bond acceptors (Lipinski definition) is 7. The van der Waals surface area contributed by atoms with E-state index in [9.17, 15) is 9.59 Å². The molecule has 2 aliphatic rings. The summed E-state index contributed by atoms with van der Waals surface area (Å²) >= 11 is 0. The number of anilines is 1. The maximum absolute atomic E-state index is 13.3. The van der Waals surface area contributed by atoms with E-state index in [2.05, 4.69) is 25.3 Å². The maximum Gasteiger partial charge on any atom is 0.238 e. The molecule has 4 heterocycles. The molecule has 1 saturated heterocycles. The Balaban J connectivity index is 1.41. The molecule has 5 rings (SSSR count). The summed E-state index contributed by atoms with van der Waals surface area (Å²) in [5.41, 5.74) is 6.89. The SMILES string of the molecule is C[C@@]12C[C@@H](c3ccccc3O1)[C@H](C(N)=O)C(=O)N2CCNc1ncnc2nc[nH]c12. The number of H-pyrrole nitrogens is 1. The van der Waals surface area contributed by atoms with Crippen LogP contribution in [-0.4, -0.2) is 55.5 Å². The summed E-state index contributed by atoms with van der Waals surface area (Å²) in [5.74, 6) is -0.861. The molecule has 4 N–H and O–H groups in total. The standard InChI is InChI=1S/C20H21N7O3/c1-20-8-12(11-4-2-3-5-13(11)30-20)14(16(21)28)19(29)27(20)7-6-22-17-15-18(24-9-23-15)26-10-25-17/h2-5,9-10,12,14H,6-8H2,1H3,(H2,21,28)(H2,22,23,24,25,26)/t12-,14+,20-/m0/s1. The Bertz CT molecular complexity index is 1150. The number of nitrogens with two attached hydrogens (primary N) is 1. The fourth-order valence-corrected chi connectivity index (χ4v) is 4.56. The molecule has 0 radical (unpaired) electrons. The molecule has 3 aromatic rings. The Hall–Kier alpha value is -3.69. The van der Waals surface area contributed by atoms with Gasteiger partial charge in [-0.25, -0.2) is 15.0 Å². The molecule has 154 valence electrons. The van der Waals surface area contributed by atoms with Gasteiger partial charge < -0.3 is 25.7 Å². The number of nitrogens with zero attached hydrogens (tertiary/aromatic N) is 4. The average Bonchev–Trinajstić information content (AvgIpc) is 3.19. The van der Waals surface area contributed by atoms with Gasteiger partial charge in [0.05, 0.1) is 6.33 Å². The quantitative estimate of drug-likeness (QED) is 0.536. The van der Waals surface area contributed by atoms with Crippen molar-refractivity contribution in [2.75, 3.05) is 18.4 Å². The number of benzene rings is 1. The summed E-state index contributed by atoms with van der Waals surface area (Å²) < 4.78 is 6.25. The second kappa shape index (κ2) is 6.68. The van der Waals surface area contributed by atoms with Gasteiger partial charge in [-0.1, -0.05) is 18.2 Å². The molecule has 3 atom stereocenters. The number of carbonyl (C=O) groups excluding carboxylic acids is 2. The number of para-hydroxylation sites is 1. The molecule has 2 aromatic heterocycles. The van der Waals surface area contributed by atoms with Crippen LogP contribution in [0, 0.1) is 5.92 Å². The summed E-state index contributed by atoms with van der Waals surface area (Å²) in [4.78, 5) is 42.5. The zero-order valence-electron chi connectivity index (χ0n) is 16.3. The van der Waals surface area contributed by atoms with Crippen molar-refractivity contribution in [1.82, 2.24) is 24.8 Å². The van der Waals surface area contributed by atoms with Crippen molar-refractivity contribution >= 4 is 28.8 Å². The molecule has 2 aliphatic heterocycles. The highest BCUT2D eigenvalue weighted by Gasteiger charge is 2.55. The monoisotopic (exact) mass is 407 g/mol. The van der Waals surface area contributed by atoms with Gasteiger partial charge in [-0.15, -0.1) is 0 Å². The lowest BCUT2D eigenvalue weighted by Gasteiger charge is -2.52. The maximum atomic E-state index is 13.3. The zero-order valence-corrected chi connectivity index (χ0v) is 16.3. The third kappa shape index (κ3) is 2.75. The summed E-state index contributed by atoms with van der Waals surface area (Å²) in [6.07, 6.45) is 3.47. The largest absolute Gasteiger partial charge is 0.468 e. The van der Waals surface area contributed by atoms with Crippen LogP contribution in [0.2, 0.25) is 0 Å². The number of nitrogens with one attached hydrogen (secondary N) is 2. The summed E-state index contributed by atoms with van der Waals surface area (Å²) in [5, 5.41) is 3.21. The van der Waals surface area contributed by atoms with Crippen LogP contribution in [0.5, 0.6) is 5.75 Å². The lowest BCUT2D eigenvalue weighted by Crippen LogP contribution is -2.65. The second-order valence-electron chi connectivity index (χ2n) is 7.75. The van der Waals surface area contributed by atoms with Crippen LogP contribution in [0.25, 0.3) is 11.2 Å². The van der Waals surface area contributed by atoms with E-state index in [0.717, 1.165) is 5.56 Å². The van der Waals surface area contributed by atoms with E-state index in [-0.39, 0.29) is 11.8 Å². The smallest absolute Gasteiger partial charge is 0.238 e. The first-order valence-corrected chi connectivity index (χ1v) is 9.74. The number of rotatable bonds is 5. The number of primary amides is 1. The van der Waals surface area contributed by atoms with E-state index in [1.165, 1.54) is 6.33 Å². The molecule has 0 spiro atoms. The molecule has 0 unspecified atom stereocenters. The summed E-state index contributed by atoms with van der Waals surface area (Å²) in [6, 6.07) is 7.51. The fourth-order valence-electron chi connectivity index (χ4n) is 4.56. The Labute approximate surface area is 171 Å². The topological polar surface area (TPSA) is 139 Å². The first-order valence-electron chi connectivity index (χ1n) is 9.74. The highest BCUT2D eigenvalue weighted by molar-refractivity contribution is 6.01. The van der Waals surface area contributed by atoms with Crippen LogP contribution in [0.15, 0.2) is 36.9 Å². The average molecular weight is 407 g/mol. The predicted octanol–water partition coefficient (Wildman–Crippen LogP) is 0.991. The van der Waals surface area contributed by atoms with Gasteiger partial charge in [0.25, 0.3) is 0 Å². The zero-order chi connectivity index (χ0) is 20.9. The number of likely N-dealkylation sites (tertiary alicyclic amines) is 1. The predicted molar refractivity (Wildman–Crippen MR) is 107 cm³/mol. The van der Waals surface area contributed by atoms with Gasteiger partial charge in [-0.05, 0) is 18.6 Å². The molecule has 0 aliphatic carbocycles. The van der Waals surface area contributed by atoms with Crippen LogP contribution in [0.4, 0.5) is 5.82 Å². The van der Waals surface area contributed by atoms with Crippen LogP contribution >= 0.6 is 0 Å². The molecule has 30 heavy (non-hydrogen) atoms. The number of imidazole rings is 1. The van der Waals surface area contributed by atoms with Gasteiger partial charge in [-0.3, -0.25) is 9.59 Å². The van der Waals surface area contributed by atoms with Crippen molar-refractivity contribution < 1.29 is 14.3 Å². The van der Waals surface area contributed by atoms with E-state index in [1.807, 2.05) is 31.2 Å². The molecule has 1 fully saturated rings. The molecule has 2 amide bonds. The summed E-state index contributed by atoms with van der Waals surface area (Å²) in [6.45, 7) is 2.59. The fraction of sp³-hybridized carbons (Fsp3) is 0.350. The van der Waals surface area contributed by atoms with Gasteiger partial charge in [0.1, 0.15) is 23.5 Å². The number of amides is 2. The first-order chi connectivity index (χ1) is 14.5. The number of aromatic nitrogens is 4. The van der Waals surface area contributed by atoms with Crippen molar-refractivity contribution in [3.8, 4) is 5.75 Å². The number of ether oxygens (including phenoxy) is 1. The third-order valence-electron chi connectivity index (χ3n) is 5.91. The van der Waals surface area contributed by atoms with Gasteiger partial charge in [0, 0.05) is 25.4 Å². The third-order valence-corrected chi connectivity index (χ3v) is 5.91. The van der Waals surface area contributed by atoms with E-state index < -0.39 is 17.6 Å². The Morgan fingerprint density at radius 1 is 1.37 bits per heavy atom. The molecular formula is C20H21N7O3. The van der Waals surface area contributed by atoms with Crippen LogP contribution in [0.3, 0.4) is 0 Å². The Kier molecular flexibility index (Phi) is 4.09. The molecule has 10 nitrogen and oxygen atoms in total. The van der Waals surface area contributed by atoms with E-state index in [0.29, 0.717) is 42.2 Å². The van der Waals surface area contributed by atoms with Crippen molar-refractivity contribution in [1.29, 1.82) is 0 Å². The Morgan fingerprint density at radius 3 is 3.03 bits per heavy atom. The second-order valence-corrected chi connectivity index (χ2v) is 7.75. The molecular weight excluding hydrogens is 386 g/mol. The van der Waals surface area contributed by atoms with Crippen molar-refractivity contribution in [3.63, 3.8) is 0 Å². The van der Waals surface area contributed by atoms with Crippen LogP contribution in [0.1, 0.15) is 24.8 Å². The van der Waals surface area contributed by atoms with E-state index >= 15 is 0 Å². The first kappa shape index (κ1) is 18.3. The lowest BCUT2D eigenvalue weighted by atomic mass is 9.73. The normalized spacial score (nSPS) is 25.0. The van der Waals surface area contributed by atoms with Gasteiger partial charge in [0.2, 0.25) is 11.8 Å². The van der Waals surface area contributed by atoms with Gasteiger partial charge in [-0.2, -0.15) is 0 Å². The van der Waals surface area contributed by atoms with Crippen molar-refractivity contribution in [2.45, 2.75) is 25.0 Å². The molecule has 10 heteroatoms. The summed E-state index contributed by atoms with van der Waals surface area (Å²) in [7, 11) is 0. The highest BCUT2D eigenvalue weighted by Crippen LogP contribution is 2.49. The minimum atomic E-state index is -0.915. The van der Waals surface area contributed by atoms with Crippen LogP contribution in [-0.2, 0) is 9.59 Å². The highest BCUT2D eigenvalue weighted by atomic mass is 16.5. The van der Waals surface area contributed by atoms with Crippen LogP contribution < -0.4 is 15.8 Å².